The molecule has 5 heteroatoms. The molecule has 1 amide bonds. The van der Waals surface area contributed by atoms with Gasteiger partial charge in [0.15, 0.2) is 0 Å². The maximum atomic E-state index is 14.3. The molecular formula is C15H17FN2O2. The Balaban J connectivity index is 2.01. The van der Waals surface area contributed by atoms with Crippen LogP contribution in [0.15, 0.2) is 12.1 Å². The van der Waals surface area contributed by atoms with Gasteiger partial charge in [-0.3, -0.25) is 9.59 Å². The summed E-state index contributed by atoms with van der Waals surface area (Å²) in [7, 11) is 0. The molecular weight excluding hydrogens is 259 g/mol. The van der Waals surface area contributed by atoms with Crippen LogP contribution in [-0.4, -0.2) is 24.3 Å². The molecule has 0 aliphatic carbocycles. The average Bonchev–Trinajstić information content (AvgIpc) is 2.73. The van der Waals surface area contributed by atoms with Crippen LogP contribution in [0, 0.1) is 5.82 Å². The van der Waals surface area contributed by atoms with Gasteiger partial charge < -0.3 is 10.2 Å². The fraction of sp³-hybridized carbons (Fsp3) is 0.467. The highest BCUT2D eigenvalue weighted by atomic mass is 19.1. The van der Waals surface area contributed by atoms with Crippen molar-refractivity contribution in [3.05, 3.63) is 23.5 Å². The third kappa shape index (κ3) is 1.97. The molecule has 0 spiro atoms. The summed E-state index contributed by atoms with van der Waals surface area (Å²) in [5, 5.41) is 2.50. The minimum atomic E-state index is -0.678. The molecule has 106 valence electrons. The predicted octanol–water partition coefficient (Wildman–Crippen LogP) is 2.73. The summed E-state index contributed by atoms with van der Waals surface area (Å²) < 4.78 is 14.3. The van der Waals surface area contributed by atoms with Crippen molar-refractivity contribution in [3.8, 4) is 0 Å². The maximum absolute atomic E-state index is 14.3. The van der Waals surface area contributed by atoms with E-state index in [1.165, 1.54) is 6.07 Å². The Morgan fingerprint density at radius 2 is 2.15 bits per heavy atom. The first-order valence-corrected chi connectivity index (χ1v) is 7.07. The second-order valence-corrected chi connectivity index (χ2v) is 5.38. The summed E-state index contributed by atoms with van der Waals surface area (Å²) >= 11 is 0. The van der Waals surface area contributed by atoms with Crippen molar-refractivity contribution in [2.75, 3.05) is 16.8 Å². The lowest BCUT2D eigenvalue weighted by Gasteiger charge is -2.37. The zero-order valence-electron chi connectivity index (χ0n) is 11.4. The first kappa shape index (κ1) is 13.1. The Morgan fingerprint density at radius 1 is 1.35 bits per heavy atom. The summed E-state index contributed by atoms with van der Waals surface area (Å²) in [6.07, 6.45) is 4.22. The highest BCUT2D eigenvalue weighted by molar-refractivity contribution is 6.51. The lowest BCUT2D eigenvalue weighted by molar-refractivity contribution is -0.112. The lowest BCUT2D eigenvalue weighted by atomic mass is 9.98. The quantitative estimate of drug-likeness (QED) is 0.845. The first-order chi connectivity index (χ1) is 9.61. The van der Waals surface area contributed by atoms with Crippen molar-refractivity contribution >= 4 is 23.1 Å². The van der Waals surface area contributed by atoms with Gasteiger partial charge in [0, 0.05) is 12.6 Å². The number of hydrogen-bond donors (Lipinski definition) is 1. The van der Waals surface area contributed by atoms with Crippen LogP contribution in [0.5, 0.6) is 0 Å². The Kier molecular flexibility index (Phi) is 3.20. The van der Waals surface area contributed by atoms with Gasteiger partial charge in [0.2, 0.25) is 0 Å². The zero-order valence-corrected chi connectivity index (χ0v) is 11.4. The molecule has 0 saturated carbocycles. The minimum absolute atomic E-state index is 0.140. The number of halogens is 1. The van der Waals surface area contributed by atoms with Crippen LogP contribution in [-0.2, 0) is 4.79 Å². The van der Waals surface area contributed by atoms with Crippen LogP contribution in [0.1, 0.15) is 43.0 Å². The van der Waals surface area contributed by atoms with E-state index in [0.29, 0.717) is 17.4 Å². The van der Waals surface area contributed by atoms with Gasteiger partial charge in [0.1, 0.15) is 5.82 Å². The molecule has 1 N–H and O–H groups in total. The van der Waals surface area contributed by atoms with Gasteiger partial charge in [-0.05, 0) is 37.8 Å². The maximum Gasteiger partial charge on any atom is 0.296 e. The van der Waals surface area contributed by atoms with Crippen LogP contribution in [0.2, 0.25) is 0 Å². The summed E-state index contributed by atoms with van der Waals surface area (Å²) in [6, 6.07) is 3.11. The molecule has 2 aliphatic rings. The van der Waals surface area contributed by atoms with Crippen LogP contribution in [0.3, 0.4) is 0 Å². The molecule has 0 radical (unpaired) electrons. The molecule has 4 nitrogen and oxygen atoms in total. The van der Waals surface area contributed by atoms with E-state index in [2.05, 4.69) is 17.1 Å². The SMILES string of the molecule is CCC1CCCCN1c1cc2c(cc1F)C(=O)C(=O)N2. The number of piperidine rings is 1. The molecule has 1 aromatic rings. The van der Waals surface area contributed by atoms with Crippen molar-refractivity contribution in [1.29, 1.82) is 0 Å². The topological polar surface area (TPSA) is 49.4 Å². The third-order valence-electron chi connectivity index (χ3n) is 4.19. The monoisotopic (exact) mass is 276 g/mol. The summed E-state index contributed by atoms with van der Waals surface area (Å²) in [4.78, 5) is 25.0. The Bertz CT molecular complexity index is 585. The summed E-state index contributed by atoms with van der Waals surface area (Å²) in [5.41, 5.74) is 1.06. The molecule has 1 unspecified atom stereocenters. The van der Waals surface area contributed by atoms with Gasteiger partial charge in [-0.25, -0.2) is 4.39 Å². The summed E-state index contributed by atoms with van der Waals surface area (Å²) in [6.45, 7) is 2.91. The highest BCUT2D eigenvalue weighted by Gasteiger charge is 2.31. The zero-order chi connectivity index (χ0) is 14.3. The molecule has 3 rings (SSSR count). The molecule has 1 atom stereocenters. The van der Waals surface area contributed by atoms with Gasteiger partial charge in [-0.2, -0.15) is 0 Å². The minimum Gasteiger partial charge on any atom is -0.366 e. The predicted molar refractivity (Wildman–Crippen MR) is 74.6 cm³/mol. The standard InChI is InChI=1S/C15H17FN2O2/c1-2-9-5-3-4-6-18(9)13-8-12-10(7-11(13)16)14(19)15(20)17-12/h7-9H,2-6H2,1H3,(H,17,19,20). The number of nitrogens with one attached hydrogen (secondary N) is 1. The van der Waals surface area contributed by atoms with Crippen molar-refractivity contribution in [2.24, 2.45) is 0 Å². The van der Waals surface area contributed by atoms with Gasteiger partial charge >= 0.3 is 0 Å². The molecule has 0 aromatic heterocycles. The number of anilines is 2. The number of fused-ring (bicyclic) bond motifs is 1. The number of ketones is 1. The normalized spacial score (nSPS) is 21.9. The van der Waals surface area contributed by atoms with E-state index in [-0.39, 0.29) is 5.56 Å². The van der Waals surface area contributed by atoms with E-state index in [0.717, 1.165) is 32.2 Å². The molecule has 20 heavy (non-hydrogen) atoms. The van der Waals surface area contributed by atoms with Crippen molar-refractivity contribution in [3.63, 3.8) is 0 Å². The number of carbonyl (C=O) groups is 2. The van der Waals surface area contributed by atoms with Gasteiger partial charge in [-0.15, -0.1) is 0 Å². The van der Waals surface area contributed by atoms with E-state index in [9.17, 15) is 14.0 Å². The van der Waals surface area contributed by atoms with Crippen LogP contribution >= 0.6 is 0 Å². The number of nitrogens with zero attached hydrogens (tertiary/aromatic N) is 1. The highest BCUT2D eigenvalue weighted by Crippen LogP contribution is 2.34. The van der Waals surface area contributed by atoms with E-state index in [1.54, 1.807) is 6.07 Å². The van der Waals surface area contributed by atoms with Crippen LogP contribution < -0.4 is 10.2 Å². The number of carbonyl (C=O) groups excluding carboxylic acids is 2. The van der Waals surface area contributed by atoms with Gasteiger partial charge in [0.25, 0.3) is 11.7 Å². The van der Waals surface area contributed by atoms with Crippen LogP contribution in [0.25, 0.3) is 0 Å². The number of amides is 1. The smallest absolute Gasteiger partial charge is 0.296 e. The largest absolute Gasteiger partial charge is 0.366 e. The van der Waals surface area contributed by atoms with E-state index in [1.807, 2.05) is 0 Å². The van der Waals surface area contributed by atoms with E-state index < -0.39 is 17.5 Å². The average molecular weight is 276 g/mol. The second kappa shape index (κ2) is 4.89. The first-order valence-electron chi connectivity index (χ1n) is 7.07. The second-order valence-electron chi connectivity index (χ2n) is 5.38. The Labute approximate surface area is 117 Å². The van der Waals surface area contributed by atoms with Gasteiger partial charge in [-0.1, -0.05) is 6.92 Å². The molecule has 0 bridgehead atoms. The van der Waals surface area contributed by atoms with Crippen LogP contribution in [0.4, 0.5) is 15.8 Å². The van der Waals surface area contributed by atoms with E-state index in [4.69, 9.17) is 0 Å². The lowest BCUT2D eigenvalue weighted by Crippen LogP contribution is -2.39. The molecule has 1 fully saturated rings. The number of benzene rings is 1. The Hall–Kier alpha value is -1.91. The van der Waals surface area contributed by atoms with Crippen molar-refractivity contribution < 1.29 is 14.0 Å². The number of Topliss-reactive ketones (excluding diaryl/α,β-unsaturated/α-hetero) is 1. The number of rotatable bonds is 2. The molecule has 1 saturated heterocycles. The fourth-order valence-corrected chi connectivity index (χ4v) is 3.12. The third-order valence-corrected chi connectivity index (χ3v) is 4.19. The van der Waals surface area contributed by atoms with E-state index >= 15 is 0 Å². The molecule has 1 aromatic carbocycles. The summed E-state index contributed by atoms with van der Waals surface area (Å²) in [5.74, 6) is -1.76. The van der Waals surface area contributed by atoms with Crippen molar-refractivity contribution in [2.45, 2.75) is 38.6 Å². The molecule has 2 heterocycles. The molecule has 2 aliphatic heterocycles. The number of hydrogen-bond acceptors (Lipinski definition) is 3. The van der Waals surface area contributed by atoms with Gasteiger partial charge in [0.05, 0.1) is 16.9 Å². The Morgan fingerprint density at radius 3 is 2.90 bits per heavy atom. The fourth-order valence-electron chi connectivity index (χ4n) is 3.12. The van der Waals surface area contributed by atoms with Crippen molar-refractivity contribution in [1.82, 2.24) is 0 Å².